The molecule has 0 saturated carbocycles. The molecule has 1 amide bonds. The van der Waals surface area contributed by atoms with Gasteiger partial charge in [-0.1, -0.05) is 6.42 Å². The van der Waals surface area contributed by atoms with Gasteiger partial charge in [0.1, 0.15) is 13.2 Å². The van der Waals surface area contributed by atoms with Crippen LogP contribution in [0.15, 0.2) is 29.0 Å². The molecular formula is C21H27N3O4. The van der Waals surface area contributed by atoms with Crippen LogP contribution in [0.3, 0.4) is 0 Å². The SMILES string of the molecule is CN(CCC1CCCCN1C)C(=O)c1ncoc1-c1ccc2c(c1)OCCO2. The summed E-state index contributed by atoms with van der Waals surface area (Å²) in [7, 11) is 4.00. The lowest BCUT2D eigenvalue weighted by Gasteiger charge is -2.33. The van der Waals surface area contributed by atoms with Gasteiger partial charge in [0.2, 0.25) is 0 Å². The van der Waals surface area contributed by atoms with Gasteiger partial charge in [-0.2, -0.15) is 0 Å². The van der Waals surface area contributed by atoms with Crippen molar-refractivity contribution in [2.75, 3.05) is 40.4 Å². The van der Waals surface area contributed by atoms with E-state index >= 15 is 0 Å². The first kappa shape index (κ1) is 18.8. The first-order valence-electron chi connectivity index (χ1n) is 9.92. The maximum Gasteiger partial charge on any atom is 0.276 e. The largest absolute Gasteiger partial charge is 0.486 e. The van der Waals surface area contributed by atoms with Crippen LogP contribution in [0.25, 0.3) is 11.3 Å². The van der Waals surface area contributed by atoms with Crippen LogP contribution < -0.4 is 9.47 Å². The molecule has 1 aromatic carbocycles. The van der Waals surface area contributed by atoms with Gasteiger partial charge in [0.25, 0.3) is 5.91 Å². The van der Waals surface area contributed by atoms with Gasteiger partial charge in [0, 0.05) is 25.2 Å². The van der Waals surface area contributed by atoms with Gasteiger partial charge in [-0.25, -0.2) is 4.98 Å². The third kappa shape index (κ3) is 3.85. The lowest BCUT2D eigenvalue weighted by molar-refractivity contribution is 0.0766. The minimum absolute atomic E-state index is 0.128. The highest BCUT2D eigenvalue weighted by Gasteiger charge is 2.25. The molecule has 7 nitrogen and oxygen atoms in total. The predicted molar refractivity (Wildman–Crippen MR) is 105 cm³/mol. The number of hydrogen-bond donors (Lipinski definition) is 0. The molecule has 0 spiro atoms. The molecular weight excluding hydrogens is 358 g/mol. The van der Waals surface area contributed by atoms with Gasteiger partial charge in [0.15, 0.2) is 29.3 Å². The van der Waals surface area contributed by atoms with Crippen molar-refractivity contribution < 1.29 is 18.7 Å². The zero-order valence-corrected chi connectivity index (χ0v) is 16.5. The third-order valence-corrected chi connectivity index (χ3v) is 5.64. The Balaban J connectivity index is 1.46. The van der Waals surface area contributed by atoms with Crippen molar-refractivity contribution in [1.29, 1.82) is 0 Å². The lowest BCUT2D eigenvalue weighted by atomic mass is 10.00. The summed E-state index contributed by atoms with van der Waals surface area (Å²) in [5.74, 6) is 1.70. The van der Waals surface area contributed by atoms with Gasteiger partial charge in [-0.05, 0) is 51.1 Å². The number of benzene rings is 1. The van der Waals surface area contributed by atoms with Crippen molar-refractivity contribution in [3.8, 4) is 22.8 Å². The summed E-state index contributed by atoms with van der Waals surface area (Å²) in [5.41, 5.74) is 1.08. The number of aromatic nitrogens is 1. The third-order valence-electron chi connectivity index (χ3n) is 5.64. The second-order valence-electron chi connectivity index (χ2n) is 7.53. The summed E-state index contributed by atoms with van der Waals surface area (Å²) in [5, 5.41) is 0. The number of oxazole rings is 1. The number of carbonyl (C=O) groups excluding carboxylic acids is 1. The molecule has 28 heavy (non-hydrogen) atoms. The number of ether oxygens (including phenoxy) is 2. The number of hydrogen-bond acceptors (Lipinski definition) is 6. The monoisotopic (exact) mass is 385 g/mol. The van der Waals surface area contributed by atoms with E-state index in [1.807, 2.05) is 25.2 Å². The second kappa shape index (κ2) is 8.22. The number of carbonyl (C=O) groups is 1. The molecule has 1 saturated heterocycles. The van der Waals surface area contributed by atoms with E-state index in [2.05, 4.69) is 16.9 Å². The van der Waals surface area contributed by atoms with E-state index in [0.29, 0.717) is 48.8 Å². The first-order valence-corrected chi connectivity index (χ1v) is 9.92. The van der Waals surface area contributed by atoms with Crippen LogP contribution in [0.2, 0.25) is 0 Å². The molecule has 0 N–H and O–H groups in total. The molecule has 0 radical (unpaired) electrons. The van der Waals surface area contributed by atoms with Crippen LogP contribution in [0.4, 0.5) is 0 Å². The predicted octanol–water partition coefficient (Wildman–Crippen LogP) is 3.06. The topological polar surface area (TPSA) is 68.0 Å². The van der Waals surface area contributed by atoms with Crippen molar-refractivity contribution in [2.24, 2.45) is 0 Å². The van der Waals surface area contributed by atoms with E-state index in [4.69, 9.17) is 13.9 Å². The van der Waals surface area contributed by atoms with Gasteiger partial charge < -0.3 is 23.7 Å². The Hall–Kier alpha value is -2.54. The molecule has 4 rings (SSSR count). The Kier molecular flexibility index (Phi) is 5.52. The molecule has 1 atom stereocenters. The molecule has 150 valence electrons. The van der Waals surface area contributed by atoms with Crippen LogP contribution in [0, 0.1) is 0 Å². The summed E-state index contributed by atoms with van der Waals surface area (Å²) < 4.78 is 16.8. The fraction of sp³-hybridized carbons (Fsp3) is 0.524. The number of rotatable bonds is 5. The minimum Gasteiger partial charge on any atom is -0.486 e. The first-order chi connectivity index (χ1) is 13.6. The maximum atomic E-state index is 13.0. The highest BCUT2D eigenvalue weighted by Crippen LogP contribution is 2.35. The van der Waals surface area contributed by atoms with Crippen molar-refractivity contribution in [1.82, 2.24) is 14.8 Å². The molecule has 1 unspecified atom stereocenters. The highest BCUT2D eigenvalue weighted by molar-refractivity contribution is 5.97. The van der Waals surface area contributed by atoms with E-state index < -0.39 is 0 Å². The average molecular weight is 385 g/mol. The summed E-state index contributed by atoms with van der Waals surface area (Å²) in [6.45, 7) is 2.89. The zero-order valence-electron chi connectivity index (χ0n) is 16.5. The Bertz CT molecular complexity index is 835. The number of nitrogens with zero attached hydrogens (tertiary/aromatic N) is 3. The molecule has 7 heteroatoms. The molecule has 0 aliphatic carbocycles. The molecule has 1 fully saturated rings. The normalized spacial score (nSPS) is 19.4. The summed E-state index contributed by atoms with van der Waals surface area (Å²) in [4.78, 5) is 21.3. The molecule has 2 aromatic rings. The Morgan fingerprint density at radius 1 is 1.25 bits per heavy atom. The Morgan fingerprint density at radius 2 is 2.07 bits per heavy atom. The Labute approximate surface area is 165 Å². The van der Waals surface area contributed by atoms with Crippen LogP contribution in [-0.4, -0.2) is 67.1 Å². The highest BCUT2D eigenvalue weighted by atomic mass is 16.6. The van der Waals surface area contributed by atoms with E-state index in [1.165, 1.54) is 25.7 Å². The van der Waals surface area contributed by atoms with Crippen molar-refractivity contribution in [3.63, 3.8) is 0 Å². The number of likely N-dealkylation sites (tertiary alicyclic amines) is 1. The van der Waals surface area contributed by atoms with Gasteiger partial charge in [0.05, 0.1) is 0 Å². The average Bonchev–Trinajstić information content (AvgIpc) is 3.22. The van der Waals surface area contributed by atoms with E-state index in [0.717, 1.165) is 18.5 Å². The van der Waals surface area contributed by atoms with Gasteiger partial charge >= 0.3 is 0 Å². The number of fused-ring (bicyclic) bond motifs is 1. The second-order valence-corrected chi connectivity index (χ2v) is 7.53. The van der Waals surface area contributed by atoms with Gasteiger partial charge in [-0.15, -0.1) is 0 Å². The number of amides is 1. The Morgan fingerprint density at radius 3 is 2.89 bits per heavy atom. The van der Waals surface area contributed by atoms with Crippen molar-refractivity contribution >= 4 is 5.91 Å². The van der Waals surface area contributed by atoms with Crippen LogP contribution >= 0.6 is 0 Å². The molecule has 0 bridgehead atoms. The summed E-state index contributed by atoms with van der Waals surface area (Å²) in [6, 6.07) is 6.08. The van der Waals surface area contributed by atoms with Crippen LogP contribution in [-0.2, 0) is 0 Å². The molecule has 2 aliphatic rings. The van der Waals surface area contributed by atoms with Gasteiger partial charge in [-0.3, -0.25) is 4.79 Å². The minimum atomic E-state index is -0.128. The van der Waals surface area contributed by atoms with Crippen molar-refractivity contribution in [2.45, 2.75) is 31.7 Å². The van der Waals surface area contributed by atoms with E-state index in [1.54, 1.807) is 4.90 Å². The van der Waals surface area contributed by atoms with Crippen LogP contribution in [0.1, 0.15) is 36.2 Å². The van der Waals surface area contributed by atoms with E-state index in [-0.39, 0.29) is 5.91 Å². The molecule has 3 heterocycles. The molecule has 2 aliphatic heterocycles. The van der Waals surface area contributed by atoms with Crippen LogP contribution in [0.5, 0.6) is 11.5 Å². The summed E-state index contributed by atoms with van der Waals surface area (Å²) in [6.07, 6.45) is 6.02. The fourth-order valence-electron chi connectivity index (χ4n) is 3.92. The smallest absolute Gasteiger partial charge is 0.276 e. The standard InChI is InChI=1S/C21H27N3O4/c1-23-9-4-3-5-16(23)8-10-24(2)21(25)19-20(28-14-22-19)15-6-7-17-18(13-15)27-12-11-26-17/h6-7,13-14,16H,3-5,8-12H2,1-2H3. The zero-order chi connectivity index (χ0) is 19.5. The fourth-order valence-corrected chi connectivity index (χ4v) is 3.92. The quantitative estimate of drug-likeness (QED) is 0.788. The lowest BCUT2D eigenvalue weighted by Crippen LogP contribution is -2.39. The van der Waals surface area contributed by atoms with E-state index in [9.17, 15) is 4.79 Å². The number of piperidine rings is 1. The maximum absolute atomic E-state index is 13.0. The summed E-state index contributed by atoms with van der Waals surface area (Å²) >= 11 is 0. The molecule has 1 aromatic heterocycles. The van der Waals surface area contributed by atoms with Crippen molar-refractivity contribution in [3.05, 3.63) is 30.3 Å².